The molecule has 224 valence electrons. The topological polar surface area (TPSA) is 138 Å². The summed E-state index contributed by atoms with van der Waals surface area (Å²) in [6.45, 7) is 3.53. The van der Waals surface area contributed by atoms with E-state index in [1.165, 1.54) is 30.2 Å². The number of rotatable bonds is 9. The van der Waals surface area contributed by atoms with Crippen LogP contribution in [0, 0.1) is 11.8 Å². The quantitative estimate of drug-likeness (QED) is 0.353. The molecule has 1 aliphatic heterocycles. The molecule has 1 saturated carbocycles. The summed E-state index contributed by atoms with van der Waals surface area (Å²) in [5, 5.41) is 0.253. The number of alkyl halides is 3. The molecule has 0 bridgehead atoms. The zero-order valence-electron chi connectivity index (χ0n) is 23.4. The minimum absolute atomic E-state index is 0.0407. The van der Waals surface area contributed by atoms with Gasteiger partial charge in [0.05, 0.1) is 19.8 Å². The highest BCUT2D eigenvalue weighted by Crippen LogP contribution is 2.39. The monoisotopic (exact) mass is 588 g/mol. The van der Waals surface area contributed by atoms with Crippen LogP contribution >= 0.6 is 0 Å². The molecule has 1 saturated heterocycles. The number of hydrogen-bond acceptors (Lipinski definition) is 9. The van der Waals surface area contributed by atoms with Gasteiger partial charge in [0.25, 0.3) is 5.91 Å². The predicted octanol–water partition coefficient (Wildman–Crippen LogP) is 4.70. The molecule has 5 rings (SSSR count). The second-order valence-corrected chi connectivity index (χ2v) is 10.7. The number of amides is 1. The highest BCUT2D eigenvalue weighted by molar-refractivity contribution is 5.99. The second kappa shape index (κ2) is 11.3. The fourth-order valence-corrected chi connectivity index (χ4v) is 5.36. The normalized spacial score (nSPS) is 19.6. The van der Waals surface area contributed by atoms with E-state index in [2.05, 4.69) is 9.97 Å². The van der Waals surface area contributed by atoms with Crippen molar-refractivity contribution in [2.45, 2.75) is 57.8 Å². The third-order valence-corrected chi connectivity index (χ3v) is 7.56. The van der Waals surface area contributed by atoms with Gasteiger partial charge in [-0.05, 0) is 63.3 Å². The number of fused-ring (bicyclic) bond motifs is 1. The molecule has 3 atom stereocenters. The molecule has 1 aliphatic carbocycles. The molecule has 10 nitrogen and oxygen atoms in total. The molecule has 1 amide bonds. The van der Waals surface area contributed by atoms with Crippen LogP contribution in [-0.4, -0.2) is 58.8 Å². The zero-order valence-corrected chi connectivity index (χ0v) is 23.4. The van der Waals surface area contributed by atoms with Crippen LogP contribution in [0.25, 0.3) is 22.4 Å². The maximum absolute atomic E-state index is 13.9. The number of halogens is 3. The summed E-state index contributed by atoms with van der Waals surface area (Å²) < 4.78 is 56.6. The summed E-state index contributed by atoms with van der Waals surface area (Å²) in [6.07, 6.45) is -2.41. The van der Waals surface area contributed by atoms with Crippen LogP contribution in [0.15, 0.2) is 28.7 Å². The molecule has 0 unspecified atom stereocenters. The number of ether oxygens (including phenoxy) is 2. The molecule has 2 aromatic heterocycles. The van der Waals surface area contributed by atoms with Gasteiger partial charge >= 0.3 is 12.1 Å². The van der Waals surface area contributed by atoms with E-state index in [1.54, 1.807) is 13.8 Å². The van der Waals surface area contributed by atoms with Gasteiger partial charge in [0.15, 0.2) is 11.5 Å². The second-order valence-electron chi connectivity index (χ2n) is 10.7. The zero-order chi connectivity index (χ0) is 30.3. The molecule has 13 heteroatoms. The van der Waals surface area contributed by atoms with Gasteiger partial charge in [-0.1, -0.05) is 0 Å². The molecule has 42 heavy (non-hydrogen) atoms. The van der Waals surface area contributed by atoms with E-state index in [4.69, 9.17) is 19.6 Å². The van der Waals surface area contributed by atoms with E-state index < -0.39 is 35.8 Å². The summed E-state index contributed by atoms with van der Waals surface area (Å²) in [4.78, 5) is 48.8. The van der Waals surface area contributed by atoms with Gasteiger partial charge in [0.1, 0.15) is 28.8 Å². The van der Waals surface area contributed by atoms with Crippen molar-refractivity contribution in [1.29, 1.82) is 0 Å². The van der Waals surface area contributed by atoms with Gasteiger partial charge in [-0.15, -0.1) is 0 Å². The standard InChI is InChI=1S/C29H31F3N4O6/c1-4-41-28(39)19-11-15(12-20(37)16-5-6-16)13-36(19)27(38)24-25(14(2)33)42-26(35-24)18-7-9-21(40-3)23-17(18)8-10-22(34-23)29(30,31)32/h7-10,14-16,19H,4-6,11-13,33H2,1-3H3/t14-,15-,19-/m0/s1. The Labute approximate surface area is 239 Å². The molecule has 3 aromatic rings. The Bertz CT molecular complexity index is 1530. The van der Waals surface area contributed by atoms with Crippen molar-refractivity contribution in [2.24, 2.45) is 17.6 Å². The van der Waals surface area contributed by atoms with Gasteiger partial charge in [-0.3, -0.25) is 9.59 Å². The Kier molecular flexibility index (Phi) is 7.97. The Morgan fingerprint density at radius 1 is 1.17 bits per heavy atom. The lowest BCUT2D eigenvalue weighted by Crippen LogP contribution is -2.42. The fourth-order valence-electron chi connectivity index (χ4n) is 5.36. The third-order valence-electron chi connectivity index (χ3n) is 7.56. The summed E-state index contributed by atoms with van der Waals surface area (Å²) in [5.41, 5.74) is 5.12. The first kappa shape index (κ1) is 29.5. The number of oxazole rings is 1. The average Bonchev–Trinajstić information content (AvgIpc) is 3.57. The Morgan fingerprint density at radius 3 is 2.52 bits per heavy atom. The van der Waals surface area contributed by atoms with Crippen molar-refractivity contribution in [3.05, 3.63) is 41.4 Å². The smallest absolute Gasteiger partial charge is 0.433 e. The maximum Gasteiger partial charge on any atom is 0.433 e. The molecule has 1 aromatic carbocycles. The Morgan fingerprint density at radius 2 is 1.90 bits per heavy atom. The number of esters is 1. The van der Waals surface area contributed by atoms with E-state index in [-0.39, 0.29) is 83.2 Å². The first-order valence-electron chi connectivity index (χ1n) is 13.7. The number of likely N-dealkylation sites (tertiary alicyclic amines) is 1. The lowest BCUT2D eigenvalue weighted by molar-refractivity contribution is -0.147. The third kappa shape index (κ3) is 5.69. The number of nitrogens with zero attached hydrogens (tertiary/aromatic N) is 3. The summed E-state index contributed by atoms with van der Waals surface area (Å²) in [7, 11) is 1.31. The molecule has 2 fully saturated rings. The van der Waals surface area contributed by atoms with Gasteiger partial charge in [0, 0.05) is 29.8 Å². The van der Waals surface area contributed by atoms with Crippen molar-refractivity contribution < 1.29 is 41.4 Å². The highest BCUT2D eigenvalue weighted by atomic mass is 19.4. The van der Waals surface area contributed by atoms with E-state index in [0.717, 1.165) is 18.9 Å². The largest absolute Gasteiger partial charge is 0.494 e. The summed E-state index contributed by atoms with van der Waals surface area (Å²) in [5.74, 6) is -1.15. The van der Waals surface area contributed by atoms with Crippen LogP contribution in [0.4, 0.5) is 13.2 Å². The number of hydrogen-bond donors (Lipinski definition) is 1. The van der Waals surface area contributed by atoms with Gasteiger partial charge in [-0.2, -0.15) is 13.2 Å². The molecule has 2 aliphatic rings. The number of benzene rings is 1. The van der Waals surface area contributed by atoms with E-state index in [9.17, 15) is 27.6 Å². The van der Waals surface area contributed by atoms with E-state index >= 15 is 0 Å². The molecule has 2 N–H and O–H groups in total. The van der Waals surface area contributed by atoms with Crippen molar-refractivity contribution in [2.75, 3.05) is 20.3 Å². The van der Waals surface area contributed by atoms with Gasteiger partial charge < -0.3 is 24.5 Å². The van der Waals surface area contributed by atoms with Crippen LogP contribution in [-0.2, 0) is 20.5 Å². The first-order chi connectivity index (χ1) is 19.9. The van der Waals surface area contributed by atoms with Crippen LogP contribution in [0.3, 0.4) is 0 Å². The van der Waals surface area contributed by atoms with E-state index in [1.807, 2.05) is 0 Å². The minimum atomic E-state index is -4.67. The van der Waals surface area contributed by atoms with Crippen molar-refractivity contribution in [1.82, 2.24) is 14.9 Å². The lowest BCUT2D eigenvalue weighted by Gasteiger charge is -2.22. The summed E-state index contributed by atoms with van der Waals surface area (Å²) >= 11 is 0. The van der Waals surface area contributed by atoms with Gasteiger partial charge in [-0.25, -0.2) is 14.8 Å². The van der Waals surface area contributed by atoms with Crippen LogP contribution in [0.2, 0.25) is 0 Å². The number of Topliss-reactive ketones (excluding diaryl/α,β-unsaturated/α-hetero) is 1. The number of ketones is 1. The van der Waals surface area contributed by atoms with Crippen LogP contribution in [0.5, 0.6) is 5.75 Å². The highest BCUT2D eigenvalue weighted by Gasteiger charge is 2.44. The summed E-state index contributed by atoms with van der Waals surface area (Å²) in [6, 6.07) is 3.34. The van der Waals surface area contributed by atoms with Crippen molar-refractivity contribution >= 4 is 28.6 Å². The van der Waals surface area contributed by atoms with Gasteiger partial charge in [0.2, 0.25) is 5.89 Å². The molecular formula is C29H31F3N4O6. The number of carbonyl (C=O) groups is 3. The molecule has 3 heterocycles. The van der Waals surface area contributed by atoms with E-state index in [0.29, 0.717) is 0 Å². The molecule has 0 spiro atoms. The average molecular weight is 589 g/mol. The van der Waals surface area contributed by atoms with Crippen LogP contribution < -0.4 is 10.5 Å². The van der Waals surface area contributed by atoms with Crippen LogP contribution in [0.1, 0.15) is 67.5 Å². The van der Waals surface area contributed by atoms with Crippen molar-refractivity contribution in [3.63, 3.8) is 0 Å². The minimum Gasteiger partial charge on any atom is -0.494 e. The lowest BCUT2D eigenvalue weighted by atomic mass is 9.97. The van der Waals surface area contributed by atoms with Crippen molar-refractivity contribution in [3.8, 4) is 17.2 Å². The Hall–Kier alpha value is -4.00. The number of aromatic nitrogens is 2. The SMILES string of the molecule is CCOC(=O)[C@@H]1C[C@@H](CC(=O)C2CC2)CN1C(=O)c1nc(-c2ccc(OC)c3nc(C(F)(F)F)ccc23)oc1[C@H](C)N. The fraction of sp³-hybridized carbons (Fsp3) is 0.483. The number of pyridine rings is 1. The number of carbonyl (C=O) groups excluding carboxylic acids is 3. The first-order valence-corrected chi connectivity index (χ1v) is 13.7. The number of nitrogens with two attached hydrogens (primary N) is 1. The molecular weight excluding hydrogens is 557 g/mol. The predicted molar refractivity (Wildman–Crippen MR) is 143 cm³/mol. The molecule has 0 radical (unpaired) electrons. The maximum atomic E-state index is 13.9. The number of methoxy groups -OCH3 is 1. The Balaban J connectivity index is 1.53.